The topological polar surface area (TPSA) is 64.7 Å². The largest absolute Gasteiger partial charge is 0.459 e. The maximum atomic E-state index is 11.3. The number of nitrogens with zero attached hydrogens (tertiary/aromatic N) is 1. The van der Waals surface area contributed by atoms with E-state index in [1.165, 1.54) is 0 Å². The first kappa shape index (κ1) is 8.74. The molecule has 1 aromatic rings. The van der Waals surface area contributed by atoms with E-state index in [0.717, 1.165) is 0 Å². The van der Waals surface area contributed by atoms with Gasteiger partial charge in [0.25, 0.3) is 0 Å². The van der Waals surface area contributed by atoms with Crippen LogP contribution >= 0.6 is 0 Å². The van der Waals surface area contributed by atoms with Crippen molar-refractivity contribution in [2.24, 2.45) is 4.99 Å². The Hall–Kier alpha value is -1.84. The maximum Gasteiger partial charge on any atom is 0.357 e. The van der Waals surface area contributed by atoms with Crippen molar-refractivity contribution >= 4 is 17.4 Å². The van der Waals surface area contributed by atoms with Gasteiger partial charge in [0.2, 0.25) is 0 Å². The first-order chi connectivity index (χ1) is 6.79. The average molecular weight is 190 g/mol. The fourth-order valence-electron chi connectivity index (χ4n) is 1.34. The summed E-state index contributed by atoms with van der Waals surface area (Å²) in [5.74, 6) is -0.394. The fraction of sp³-hybridized carbons (Fsp3) is 0.200. The number of nitrogens with two attached hydrogens (primary N) is 1. The van der Waals surface area contributed by atoms with Crippen LogP contribution in [0.3, 0.4) is 0 Å². The number of hydrogen-bond donors (Lipinski definition) is 1. The number of ether oxygens (including phenoxy) is 1. The van der Waals surface area contributed by atoms with Crippen LogP contribution in [0.4, 0.5) is 5.69 Å². The van der Waals surface area contributed by atoms with Crippen LogP contribution in [0, 0.1) is 0 Å². The van der Waals surface area contributed by atoms with Crippen molar-refractivity contribution in [3.8, 4) is 0 Å². The summed E-state index contributed by atoms with van der Waals surface area (Å²) >= 11 is 0. The minimum Gasteiger partial charge on any atom is -0.459 e. The van der Waals surface area contributed by atoms with Gasteiger partial charge in [0.1, 0.15) is 6.61 Å². The zero-order valence-electron chi connectivity index (χ0n) is 7.56. The van der Waals surface area contributed by atoms with Crippen LogP contribution in [0.2, 0.25) is 0 Å². The third-order valence-electron chi connectivity index (χ3n) is 2.00. The number of aliphatic imine (C=N–C) groups is 1. The minimum absolute atomic E-state index is 0.328. The molecule has 0 aliphatic carbocycles. The van der Waals surface area contributed by atoms with Crippen LogP contribution in [0.1, 0.15) is 5.56 Å². The van der Waals surface area contributed by atoms with Crippen molar-refractivity contribution < 1.29 is 9.53 Å². The van der Waals surface area contributed by atoms with Gasteiger partial charge >= 0.3 is 5.97 Å². The summed E-state index contributed by atoms with van der Waals surface area (Å²) in [5, 5.41) is 0. The van der Waals surface area contributed by atoms with Gasteiger partial charge in [-0.3, -0.25) is 4.99 Å². The van der Waals surface area contributed by atoms with Gasteiger partial charge in [-0.05, 0) is 6.07 Å². The number of rotatable bonds is 1. The number of carbonyl (C=O) groups is 1. The van der Waals surface area contributed by atoms with Gasteiger partial charge in [0, 0.05) is 11.3 Å². The standard InChI is InChI=1S/C10H10N2O2/c11-8-4-2-1-3-7(8)9-10(13)14-6-5-12-9/h1-4H,5-6,11H2. The zero-order chi connectivity index (χ0) is 9.97. The van der Waals surface area contributed by atoms with Gasteiger partial charge in [-0.15, -0.1) is 0 Å². The second-order valence-corrected chi connectivity index (χ2v) is 2.95. The van der Waals surface area contributed by atoms with E-state index in [2.05, 4.69) is 4.99 Å². The lowest BCUT2D eigenvalue weighted by atomic mass is 10.1. The molecule has 0 amide bonds. The Morgan fingerprint density at radius 1 is 1.36 bits per heavy atom. The number of anilines is 1. The van der Waals surface area contributed by atoms with Crippen LogP contribution in [-0.4, -0.2) is 24.8 Å². The molecule has 2 rings (SSSR count). The molecule has 1 aliphatic rings. The Labute approximate surface area is 81.4 Å². The SMILES string of the molecule is Nc1ccccc1C1=NCCOC1=O. The first-order valence-corrected chi connectivity index (χ1v) is 4.35. The number of carbonyl (C=O) groups excluding carboxylic acids is 1. The van der Waals surface area contributed by atoms with Crippen LogP contribution in [0.15, 0.2) is 29.3 Å². The molecule has 0 saturated carbocycles. The highest BCUT2D eigenvalue weighted by atomic mass is 16.5. The molecule has 0 atom stereocenters. The summed E-state index contributed by atoms with van der Waals surface area (Å²) < 4.78 is 4.87. The van der Waals surface area contributed by atoms with Gasteiger partial charge in [0.15, 0.2) is 5.71 Å². The van der Waals surface area contributed by atoms with Crippen LogP contribution in [-0.2, 0) is 9.53 Å². The van der Waals surface area contributed by atoms with Crippen LogP contribution in [0.5, 0.6) is 0 Å². The Kier molecular flexibility index (Phi) is 2.18. The van der Waals surface area contributed by atoms with E-state index in [4.69, 9.17) is 10.5 Å². The molecule has 1 aromatic carbocycles. The molecule has 1 heterocycles. The molecule has 1 aliphatic heterocycles. The maximum absolute atomic E-state index is 11.3. The fourth-order valence-corrected chi connectivity index (χ4v) is 1.34. The van der Waals surface area contributed by atoms with Gasteiger partial charge < -0.3 is 10.5 Å². The normalized spacial score (nSPS) is 16.0. The highest BCUT2D eigenvalue weighted by Gasteiger charge is 2.20. The monoisotopic (exact) mass is 190 g/mol. The summed E-state index contributed by atoms with van der Waals surface area (Å²) in [6.45, 7) is 0.866. The van der Waals surface area contributed by atoms with Gasteiger partial charge in [-0.1, -0.05) is 18.2 Å². The summed E-state index contributed by atoms with van der Waals surface area (Å²) in [7, 11) is 0. The lowest BCUT2D eigenvalue weighted by Gasteiger charge is -2.13. The predicted molar refractivity (Wildman–Crippen MR) is 53.2 cm³/mol. The van der Waals surface area contributed by atoms with Crippen LogP contribution in [0.25, 0.3) is 0 Å². The Morgan fingerprint density at radius 2 is 2.14 bits per heavy atom. The third kappa shape index (κ3) is 1.46. The second kappa shape index (κ2) is 3.49. The smallest absolute Gasteiger partial charge is 0.357 e. The molecule has 0 radical (unpaired) electrons. The molecule has 0 saturated heterocycles. The molecule has 0 aromatic heterocycles. The molecule has 4 nitrogen and oxygen atoms in total. The summed E-state index contributed by atoms with van der Waals surface area (Å²) in [4.78, 5) is 15.4. The Balaban J connectivity index is 2.44. The summed E-state index contributed by atoms with van der Waals surface area (Å²) in [6, 6.07) is 7.13. The van der Waals surface area contributed by atoms with Crippen molar-refractivity contribution in [2.75, 3.05) is 18.9 Å². The molecule has 0 spiro atoms. The van der Waals surface area contributed by atoms with Crippen molar-refractivity contribution in [2.45, 2.75) is 0 Å². The Morgan fingerprint density at radius 3 is 2.86 bits per heavy atom. The first-order valence-electron chi connectivity index (χ1n) is 4.35. The lowest BCUT2D eigenvalue weighted by molar-refractivity contribution is -0.135. The molecule has 0 unspecified atom stereocenters. The number of benzene rings is 1. The van der Waals surface area contributed by atoms with E-state index in [-0.39, 0.29) is 0 Å². The van der Waals surface area contributed by atoms with E-state index in [1.807, 2.05) is 12.1 Å². The van der Waals surface area contributed by atoms with Gasteiger partial charge in [0.05, 0.1) is 6.54 Å². The molecular formula is C10H10N2O2. The van der Waals surface area contributed by atoms with E-state index in [9.17, 15) is 4.79 Å². The van der Waals surface area contributed by atoms with E-state index >= 15 is 0 Å². The van der Waals surface area contributed by atoms with Gasteiger partial charge in [-0.2, -0.15) is 0 Å². The molecule has 2 N–H and O–H groups in total. The summed E-state index contributed by atoms with van der Waals surface area (Å²) in [5.41, 5.74) is 7.25. The van der Waals surface area contributed by atoms with E-state index < -0.39 is 5.97 Å². The van der Waals surface area contributed by atoms with Crippen LogP contribution < -0.4 is 5.73 Å². The third-order valence-corrected chi connectivity index (χ3v) is 2.00. The molecular weight excluding hydrogens is 180 g/mol. The molecule has 72 valence electrons. The highest BCUT2D eigenvalue weighted by molar-refractivity contribution is 6.44. The number of para-hydroxylation sites is 1. The van der Waals surface area contributed by atoms with Crippen molar-refractivity contribution in [1.82, 2.24) is 0 Å². The number of hydrogen-bond acceptors (Lipinski definition) is 4. The average Bonchev–Trinajstić information content (AvgIpc) is 2.20. The molecule has 4 heteroatoms. The minimum atomic E-state index is -0.394. The van der Waals surface area contributed by atoms with Crippen molar-refractivity contribution in [1.29, 1.82) is 0 Å². The lowest BCUT2D eigenvalue weighted by Crippen LogP contribution is -2.26. The number of cyclic esters (lactones) is 1. The van der Waals surface area contributed by atoms with E-state index in [1.54, 1.807) is 12.1 Å². The van der Waals surface area contributed by atoms with Gasteiger partial charge in [-0.25, -0.2) is 4.79 Å². The van der Waals surface area contributed by atoms with Crippen molar-refractivity contribution in [3.63, 3.8) is 0 Å². The molecule has 14 heavy (non-hydrogen) atoms. The van der Waals surface area contributed by atoms with Crippen molar-refractivity contribution in [3.05, 3.63) is 29.8 Å². The van der Waals surface area contributed by atoms with E-state index in [0.29, 0.717) is 30.1 Å². The zero-order valence-corrected chi connectivity index (χ0v) is 7.56. The predicted octanol–water partition coefficient (Wildman–Crippen LogP) is 0.615. The second-order valence-electron chi connectivity index (χ2n) is 2.95. The number of nitrogen functional groups attached to an aromatic ring is 1. The quantitative estimate of drug-likeness (QED) is 0.521. The highest BCUT2D eigenvalue weighted by Crippen LogP contribution is 2.14. The summed E-state index contributed by atoms with van der Waals surface area (Å²) in [6.07, 6.45) is 0. The Bertz CT molecular complexity index is 399. The number of esters is 1. The molecule has 0 fully saturated rings. The molecule has 0 bridgehead atoms.